The molecule has 1 heterocycles. The lowest BCUT2D eigenvalue weighted by Crippen LogP contribution is -2.47. The normalized spacial score (nSPS) is 15.1. The van der Waals surface area contributed by atoms with Crippen molar-refractivity contribution in [3.05, 3.63) is 68.7 Å². The number of nitrogens with zero attached hydrogens (tertiary/aromatic N) is 2. The number of nitro groups is 1. The number of amides is 2. The molecule has 182 valence electrons. The predicted octanol–water partition coefficient (Wildman–Crippen LogP) is 3.52. The van der Waals surface area contributed by atoms with Crippen LogP contribution in [0.2, 0.25) is 5.02 Å². The first-order chi connectivity index (χ1) is 16.2. The first kappa shape index (κ1) is 25.6. The van der Waals surface area contributed by atoms with E-state index in [9.17, 15) is 19.7 Å². The molecular formula is C24H29ClN4O5. The molecule has 2 N–H and O–H groups in total. The van der Waals surface area contributed by atoms with Crippen LogP contribution in [0, 0.1) is 16.0 Å². The average molecular weight is 489 g/mol. The summed E-state index contributed by atoms with van der Waals surface area (Å²) in [4.78, 5) is 38.3. The predicted molar refractivity (Wildman–Crippen MR) is 130 cm³/mol. The number of nitrogens with one attached hydrogen (secondary N) is 2. The van der Waals surface area contributed by atoms with Gasteiger partial charge in [-0.25, -0.2) is 0 Å². The van der Waals surface area contributed by atoms with Gasteiger partial charge in [-0.3, -0.25) is 24.6 Å². The molecule has 0 aromatic heterocycles. The Morgan fingerprint density at radius 3 is 2.41 bits per heavy atom. The van der Waals surface area contributed by atoms with Crippen LogP contribution in [0.1, 0.15) is 29.8 Å². The monoisotopic (exact) mass is 488 g/mol. The van der Waals surface area contributed by atoms with E-state index < -0.39 is 16.9 Å². The van der Waals surface area contributed by atoms with Gasteiger partial charge in [0, 0.05) is 37.5 Å². The largest absolute Gasteiger partial charge is 0.379 e. The summed E-state index contributed by atoms with van der Waals surface area (Å²) in [5.74, 6) is -1.14. The fraction of sp³-hybridized carbons (Fsp3) is 0.417. The molecule has 1 fully saturated rings. The number of carbonyl (C=O) groups excluding carboxylic acids is 2. The molecule has 1 aliphatic rings. The third-order valence-corrected chi connectivity index (χ3v) is 6.00. The Morgan fingerprint density at radius 1 is 1.15 bits per heavy atom. The summed E-state index contributed by atoms with van der Waals surface area (Å²) < 4.78 is 5.37. The van der Waals surface area contributed by atoms with Gasteiger partial charge in [0.2, 0.25) is 5.91 Å². The van der Waals surface area contributed by atoms with Crippen LogP contribution >= 0.6 is 11.6 Å². The lowest BCUT2D eigenvalue weighted by Gasteiger charge is -2.26. The van der Waals surface area contributed by atoms with Gasteiger partial charge in [0.1, 0.15) is 6.04 Å². The maximum atomic E-state index is 12.9. The molecule has 0 aliphatic carbocycles. The van der Waals surface area contributed by atoms with Gasteiger partial charge in [-0.2, -0.15) is 0 Å². The van der Waals surface area contributed by atoms with E-state index in [-0.39, 0.29) is 28.1 Å². The molecule has 2 amide bonds. The zero-order valence-corrected chi connectivity index (χ0v) is 20.0. The highest BCUT2D eigenvalue weighted by molar-refractivity contribution is 6.34. The first-order valence-corrected chi connectivity index (χ1v) is 11.6. The van der Waals surface area contributed by atoms with Gasteiger partial charge in [0.15, 0.2) is 0 Å². The smallest absolute Gasteiger partial charge is 0.270 e. The number of nitro benzene ring substituents is 1. The third kappa shape index (κ3) is 6.99. The van der Waals surface area contributed by atoms with Crippen LogP contribution in [-0.2, 0) is 16.0 Å². The van der Waals surface area contributed by atoms with Crippen LogP contribution in [-0.4, -0.2) is 60.5 Å². The standard InChI is InChI=1S/C24H29ClN4O5/c1-16(2)22(27-23(30)20-8-7-19(29(32)33)15-21(20)25)24(31)26-18-5-3-17(4-6-18)9-10-28-11-13-34-14-12-28/h3-8,15-16,22H,9-14H2,1-2H3,(H,26,31)(H,27,30). The molecule has 0 bridgehead atoms. The van der Waals surface area contributed by atoms with Crippen LogP contribution in [0.15, 0.2) is 42.5 Å². The van der Waals surface area contributed by atoms with Crippen molar-refractivity contribution in [2.75, 3.05) is 38.2 Å². The van der Waals surface area contributed by atoms with E-state index in [4.69, 9.17) is 16.3 Å². The summed E-state index contributed by atoms with van der Waals surface area (Å²) in [6.07, 6.45) is 0.912. The van der Waals surface area contributed by atoms with E-state index in [0.29, 0.717) is 5.69 Å². The Hall–Kier alpha value is -3.01. The van der Waals surface area contributed by atoms with E-state index in [1.54, 1.807) is 0 Å². The zero-order chi connectivity index (χ0) is 24.7. The highest BCUT2D eigenvalue weighted by atomic mass is 35.5. The zero-order valence-electron chi connectivity index (χ0n) is 19.3. The Labute approximate surface area is 203 Å². The number of morpholine rings is 1. The van der Waals surface area contributed by atoms with Crippen molar-refractivity contribution < 1.29 is 19.2 Å². The van der Waals surface area contributed by atoms with Crippen LogP contribution in [0.25, 0.3) is 0 Å². The van der Waals surface area contributed by atoms with E-state index in [2.05, 4.69) is 15.5 Å². The van der Waals surface area contributed by atoms with Crippen molar-refractivity contribution in [2.24, 2.45) is 5.92 Å². The molecule has 9 nitrogen and oxygen atoms in total. The highest BCUT2D eigenvalue weighted by Gasteiger charge is 2.26. The van der Waals surface area contributed by atoms with Gasteiger partial charge in [0.05, 0.1) is 28.7 Å². The maximum Gasteiger partial charge on any atom is 0.270 e. The molecule has 1 saturated heterocycles. The number of hydrogen-bond donors (Lipinski definition) is 2. The van der Waals surface area contributed by atoms with Crippen molar-refractivity contribution in [2.45, 2.75) is 26.3 Å². The molecule has 1 aliphatic heterocycles. The molecule has 0 radical (unpaired) electrons. The molecule has 2 aromatic rings. The van der Waals surface area contributed by atoms with Crippen molar-refractivity contribution in [3.8, 4) is 0 Å². The minimum atomic E-state index is -0.820. The number of carbonyl (C=O) groups is 2. The Bertz CT molecular complexity index is 1020. The average Bonchev–Trinajstić information content (AvgIpc) is 2.82. The van der Waals surface area contributed by atoms with Crippen molar-refractivity contribution in [3.63, 3.8) is 0 Å². The Kier molecular flexibility index (Phi) is 8.98. The number of anilines is 1. The molecule has 0 saturated carbocycles. The van der Waals surface area contributed by atoms with E-state index in [0.717, 1.165) is 45.3 Å². The Balaban J connectivity index is 1.59. The SMILES string of the molecule is CC(C)C(NC(=O)c1ccc([N+](=O)[O-])cc1Cl)C(=O)Nc1ccc(CCN2CCOCC2)cc1. The number of hydrogen-bond acceptors (Lipinski definition) is 6. The topological polar surface area (TPSA) is 114 Å². The van der Waals surface area contributed by atoms with E-state index in [1.807, 2.05) is 38.1 Å². The first-order valence-electron chi connectivity index (χ1n) is 11.2. The lowest BCUT2D eigenvalue weighted by molar-refractivity contribution is -0.384. The fourth-order valence-electron chi connectivity index (χ4n) is 3.64. The van der Waals surface area contributed by atoms with Crippen molar-refractivity contribution in [1.29, 1.82) is 0 Å². The number of rotatable bonds is 9. The molecule has 10 heteroatoms. The van der Waals surface area contributed by atoms with Crippen LogP contribution < -0.4 is 10.6 Å². The molecule has 1 atom stereocenters. The second-order valence-electron chi connectivity index (χ2n) is 8.51. The quantitative estimate of drug-likeness (QED) is 0.412. The summed E-state index contributed by atoms with van der Waals surface area (Å²) in [6, 6.07) is 10.4. The molecule has 0 spiro atoms. The van der Waals surface area contributed by atoms with Crippen LogP contribution in [0.4, 0.5) is 11.4 Å². The maximum absolute atomic E-state index is 12.9. The second-order valence-corrected chi connectivity index (χ2v) is 8.91. The molecule has 1 unspecified atom stereocenters. The molecule has 3 rings (SSSR count). The number of non-ortho nitro benzene ring substituents is 1. The molecule has 34 heavy (non-hydrogen) atoms. The minimum Gasteiger partial charge on any atom is -0.379 e. The van der Waals surface area contributed by atoms with Gasteiger partial charge in [-0.1, -0.05) is 37.6 Å². The van der Waals surface area contributed by atoms with Gasteiger partial charge in [0.25, 0.3) is 11.6 Å². The summed E-state index contributed by atoms with van der Waals surface area (Å²) in [5.41, 5.74) is 1.66. The van der Waals surface area contributed by atoms with Gasteiger partial charge >= 0.3 is 0 Å². The second kappa shape index (κ2) is 11.9. The van der Waals surface area contributed by atoms with Gasteiger partial charge in [-0.05, 0) is 36.1 Å². The van der Waals surface area contributed by atoms with E-state index in [1.165, 1.54) is 17.7 Å². The van der Waals surface area contributed by atoms with Crippen molar-refractivity contribution in [1.82, 2.24) is 10.2 Å². The summed E-state index contributed by atoms with van der Waals surface area (Å²) in [6.45, 7) is 8.03. The summed E-state index contributed by atoms with van der Waals surface area (Å²) >= 11 is 6.06. The third-order valence-electron chi connectivity index (χ3n) is 5.69. The summed E-state index contributed by atoms with van der Waals surface area (Å²) in [7, 11) is 0. The highest BCUT2D eigenvalue weighted by Crippen LogP contribution is 2.23. The summed E-state index contributed by atoms with van der Waals surface area (Å²) in [5, 5.41) is 16.4. The Morgan fingerprint density at radius 2 is 1.82 bits per heavy atom. The fourth-order valence-corrected chi connectivity index (χ4v) is 3.90. The van der Waals surface area contributed by atoms with Gasteiger partial charge in [-0.15, -0.1) is 0 Å². The van der Waals surface area contributed by atoms with Gasteiger partial charge < -0.3 is 15.4 Å². The molecular weight excluding hydrogens is 460 g/mol. The number of benzene rings is 2. The number of ether oxygens (including phenoxy) is 1. The minimum absolute atomic E-state index is 0.0534. The lowest BCUT2D eigenvalue weighted by atomic mass is 10.0. The van der Waals surface area contributed by atoms with Crippen molar-refractivity contribution >= 4 is 34.8 Å². The van der Waals surface area contributed by atoms with Crippen LogP contribution in [0.3, 0.4) is 0 Å². The van der Waals surface area contributed by atoms with Crippen LogP contribution in [0.5, 0.6) is 0 Å². The molecule has 2 aromatic carbocycles. The van der Waals surface area contributed by atoms with E-state index >= 15 is 0 Å². The number of halogens is 1.